The summed E-state index contributed by atoms with van der Waals surface area (Å²) < 4.78 is 26.4. The molecule has 0 bridgehead atoms. The number of nitrogens with zero attached hydrogens (tertiary/aromatic N) is 1. The molecule has 3 nitrogen and oxygen atoms in total. The Kier molecular flexibility index (Phi) is 22.2. The smallest absolute Gasteiger partial charge is 0.207 e. The van der Waals surface area contributed by atoms with Crippen LogP contribution in [-0.4, -0.2) is 25.8 Å². The van der Waals surface area contributed by atoms with E-state index in [0.29, 0.717) is 23.4 Å². The standard InChI is InChI=1S/C14H19NO2S.C5H12.4C2H6/c1-12-7-8-14(9-12)10-15(11-14)18(16,17)13-5-3-2-4-6-13;1-4-5(2)3;4*1-2/h2-6,12H,7-11H2,1H3;5H,4H2,1-3H3;4*1-2H3. The first kappa shape index (κ1) is 34.7. The summed E-state index contributed by atoms with van der Waals surface area (Å²) in [6, 6.07) is 8.75. The fourth-order valence-corrected chi connectivity index (χ4v) is 5.08. The Morgan fingerprint density at radius 2 is 1.35 bits per heavy atom. The number of sulfonamides is 1. The second-order valence-corrected chi connectivity index (χ2v) is 9.67. The Hall–Kier alpha value is -0.870. The van der Waals surface area contributed by atoms with Crippen LogP contribution in [0.1, 0.15) is 109 Å². The van der Waals surface area contributed by atoms with Gasteiger partial charge in [0.15, 0.2) is 0 Å². The van der Waals surface area contributed by atoms with Gasteiger partial charge in [0.1, 0.15) is 0 Å². The maximum Gasteiger partial charge on any atom is 0.243 e. The predicted octanol–water partition coefficient (Wildman–Crippen LogP) is 8.65. The summed E-state index contributed by atoms with van der Waals surface area (Å²) >= 11 is 0. The van der Waals surface area contributed by atoms with Crippen LogP contribution in [0, 0.1) is 17.3 Å². The van der Waals surface area contributed by atoms with E-state index >= 15 is 0 Å². The zero-order valence-electron chi connectivity index (χ0n) is 23.0. The Morgan fingerprint density at radius 1 is 0.935 bits per heavy atom. The van der Waals surface area contributed by atoms with Crippen molar-refractivity contribution >= 4 is 10.0 Å². The molecule has 4 heteroatoms. The third kappa shape index (κ3) is 12.1. The molecule has 0 N–H and O–H groups in total. The van der Waals surface area contributed by atoms with E-state index < -0.39 is 10.0 Å². The lowest BCUT2D eigenvalue weighted by Gasteiger charge is -2.47. The molecule has 1 aliphatic heterocycles. The molecule has 0 amide bonds. The molecule has 3 rings (SSSR count). The summed E-state index contributed by atoms with van der Waals surface area (Å²) in [5.74, 6) is 1.64. The fourth-order valence-electron chi connectivity index (χ4n) is 3.40. The molecule has 2 fully saturated rings. The molecule has 1 aromatic carbocycles. The molecule has 1 unspecified atom stereocenters. The molecule has 1 saturated carbocycles. The van der Waals surface area contributed by atoms with Gasteiger partial charge in [-0.05, 0) is 42.2 Å². The summed E-state index contributed by atoms with van der Waals surface area (Å²) in [6.07, 6.45) is 4.93. The Labute approximate surface area is 197 Å². The normalized spacial score (nSPS) is 18.2. The third-order valence-electron chi connectivity index (χ3n) is 5.17. The van der Waals surface area contributed by atoms with Crippen molar-refractivity contribution in [2.75, 3.05) is 13.1 Å². The van der Waals surface area contributed by atoms with Crippen molar-refractivity contribution in [1.82, 2.24) is 4.31 Å². The molecule has 186 valence electrons. The molecule has 1 heterocycles. The quantitative estimate of drug-likeness (QED) is 0.455. The van der Waals surface area contributed by atoms with Crippen molar-refractivity contribution in [3.8, 4) is 0 Å². The lowest BCUT2D eigenvalue weighted by molar-refractivity contribution is 0.0739. The van der Waals surface area contributed by atoms with Gasteiger partial charge in [0.25, 0.3) is 0 Å². The van der Waals surface area contributed by atoms with Crippen LogP contribution in [-0.2, 0) is 10.0 Å². The van der Waals surface area contributed by atoms with E-state index in [1.54, 1.807) is 28.6 Å². The summed E-state index contributed by atoms with van der Waals surface area (Å²) in [5.41, 5.74) is 0.293. The van der Waals surface area contributed by atoms with Crippen molar-refractivity contribution < 1.29 is 8.42 Å². The molecule has 0 aromatic heterocycles. The molecule has 1 aliphatic carbocycles. The van der Waals surface area contributed by atoms with E-state index in [2.05, 4.69) is 27.7 Å². The Bertz CT molecular complexity index is 591. The minimum absolute atomic E-state index is 0.293. The van der Waals surface area contributed by atoms with Gasteiger partial charge in [-0.3, -0.25) is 0 Å². The minimum atomic E-state index is -3.25. The van der Waals surface area contributed by atoms with E-state index in [-0.39, 0.29) is 0 Å². The largest absolute Gasteiger partial charge is 0.243 e. The molecule has 31 heavy (non-hydrogen) atoms. The molecule has 0 radical (unpaired) electrons. The Balaban J connectivity index is -0.000000512. The monoisotopic (exact) mass is 457 g/mol. The van der Waals surface area contributed by atoms with Crippen LogP contribution in [0.15, 0.2) is 35.2 Å². The zero-order valence-corrected chi connectivity index (χ0v) is 23.8. The van der Waals surface area contributed by atoms with Gasteiger partial charge in [-0.2, -0.15) is 4.31 Å². The highest BCUT2D eigenvalue weighted by molar-refractivity contribution is 7.89. The minimum Gasteiger partial charge on any atom is -0.207 e. The molecular formula is C27H55NO2S. The molecule has 1 atom stereocenters. The van der Waals surface area contributed by atoms with Crippen LogP contribution < -0.4 is 0 Å². The second kappa shape index (κ2) is 19.8. The lowest BCUT2D eigenvalue weighted by atomic mass is 9.79. The number of hydrogen-bond donors (Lipinski definition) is 0. The number of rotatable bonds is 3. The van der Waals surface area contributed by atoms with Crippen LogP contribution in [0.25, 0.3) is 0 Å². The lowest BCUT2D eigenvalue weighted by Crippen LogP contribution is -2.57. The summed E-state index contributed by atoms with van der Waals surface area (Å²) in [6.45, 7) is 26.3. The van der Waals surface area contributed by atoms with Crippen molar-refractivity contribution in [1.29, 1.82) is 0 Å². The first-order chi connectivity index (χ1) is 14.8. The fraction of sp³-hybridized carbons (Fsp3) is 0.778. The molecule has 1 aromatic rings. The van der Waals surface area contributed by atoms with Crippen LogP contribution in [0.4, 0.5) is 0 Å². The van der Waals surface area contributed by atoms with Crippen molar-refractivity contribution in [3.05, 3.63) is 30.3 Å². The van der Waals surface area contributed by atoms with Crippen molar-refractivity contribution in [2.45, 2.75) is 114 Å². The Morgan fingerprint density at radius 3 is 1.68 bits per heavy atom. The van der Waals surface area contributed by atoms with Gasteiger partial charge < -0.3 is 0 Å². The average molecular weight is 458 g/mol. The van der Waals surface area contributed by atoms with E-state index in [0.717, 1.165) is 11.8 Å². The third-order valence-corrected chi connectivity index (χ3v) is 6.98. The first-order valence-electron chi connectivity index (χ1n) is 12.8. The molecule has 1 spiro atoms. The molecule has 2 aliphatic rings. The first-order valence-corrected chi connectivity index (χ1v) is 14.3. The van der Waals surface area contributed by atoms with Crippen LogP contribution in [0.2, 0.25) is 0 Å². The highest BCUT2D eigenvalue weighted by Gasteiger charge is 2.50. The zero-order chi connectivity index (χ0) is 25.1. The van der Waals surface area contributed by atoms with Gasteiger partial charge in [-0.15, -0.1) is 0 Å². The van der Waals surface area contributed by atoms with Gasteiger partial charge in [-0.25, -0.2) is 8.42 Å². The number of hydrogen-bond acceptors (Lipinski definition) is 2. The average Bonchev–Trinajstić information content (AvgIpc) is 3.21. The van der Waals surface area contributed by atoms with E-state index in [9.17, 15) is 8.42 Å². The SMILES string of the molecule is CC.CC.CC.CC.CC1CCC2(C1)CN(S(=O)(=O)c1ccccc1)C2.CCC(C)C. The van der Waals surface area contributed by atoms with Gasteiger partial charge in [-0.1, -0.05) is 114 Å². The van der Waals surface area contributed by atoms with Gasteiger partial charge in [0.05, 0.1) is 4.90 Å². The molecule has 1 saturated heterocycles. The maximum absolute atomic E-state index is 12.4. The second-order valence-electron chi connectivity index (χ2n) is 7.74. The topological polar surface area (TPSA) is 37.4 Å². The van der Waals surface area contributed by atoms with E-state index in [1.165, 1.54) is 25.7 Å². The highest BCUT2D eigenvalue weighted by Crippen LogP contribution is 2.49. The summed E-state index contributed by atoms with van der Waals surface area (Å²) in [5, 5.41) is 0. The molecular weight excluding hydrogens is 402 g/mol. The predicted molar refractivity (Wildman–Crippen MR) is 141 cm³/mol. The van der Waals surface area contributed by atoms with Crippen LogP contribution >= 0.6 is 0 Å². The van der Waals surface area contributed by atoms with E-state index in [1.807, 2.05) is 61.5 Å². The summed E-state index contributed by atoms with van der Waals surface area (Å²) in [7, 11) is -3.25. The van der Waals surface area contributed by atoms with Crippen LogP contribution in [0.5, 0.6) is 0 Å². The van der Waals surface area contributed by atoms with Gasteiger partial charge >= 0.3 is 0 Å². The van der Waals surface area contributed by atoms with Crippen LogP contribution in [0.3, 0.4) is 0 Å². The van der Waals surface area contributed by atoms with Gasteiger partial charge in [0.2, 0.25) is 10.0 Å². The van der Waals surface area contributed by atoms with E-state index in [4.69, 9.17) is 0 Å². The van der Waals surface area contributed by atoms with Gasteiger partial charge in [0, 0.05) is 13.1 Å². The van der Waals surface area contributed by atoms with Crippen molar-refractivity contribution in [3.63, 3.8) is 0 Å². The highest BCUT2D eigenvalue weighted by atomic mass is 32.2. The van der Waals surface area contributed by atoms with Crippen molar-refractivity contribution in [2.24, 2.45) is 17.3 Å². The summed E-state index contributed by atoms with van der Waals surface area (Å²) in [4.78, 5) is 0.422. The maximum atomic E-state index is 12.4. The number of benzene rings is 1.